The van der Waals surface area contributed by atoms with Gasteiger partial charge in [-0.05, 0) is 6.42 Å². The van der Waals surface area contributed by atoms with Gasteiger partial charge in [-0.1, -0.05) is 39.0 Å². The first kappa shape index (κ1) is 13.2. The standard InChI is InChI=1S/C10H22N2O2/c1-2-3-4-5-6-7-8-11-10(14)12-9-13/h13H,2-9H2,1H3,(H2,11,12,14). The Bertz CT molecular complexity index is 140. The van der Waals surface area contributed by atoms with Gasteiger partial charge >= 0.3 is 6.03 Å². The average Bonchev–Trinajstić information content (AvgIpc) is 2.17. The second kappa shape index (κ2) is 10.3. The summed E-state index contributed by atoms with van der Waals surface area (Å²) in [4.78, 5) is 10.8. The molecule has 0 spiro atoms. The fourth-order valence-corrected chi connectivity index (χ4v) is 1.24. The maximum absolute atomic E-state index is 10.8. The van der Waals surface area contributed by atoms with Crippen LogP contribution in [0.25, 0.3) is 0 Å². The van der Waals surface area contributed by atoms with Gasteiger partial charge in [0.15, 0.2) is 0 Å². The predicted molar refractivity (Wildman–Crippen MR) is 57.0 cm³/mol. The Morgan fingerprint density at radius 2 is 1.71 bits per heavy atom. The van der Waals surface area contributed by atoms with Gasteiger partial charge in [0, 0.05) is 6.54 Å². The smallest absolute Gasteiger partial charge is 0.316 e. The molecule has 0 aromatic heterocycles. The summed E-state index contributed by atoms with van der Waals surface area (Å²) in [6.45, 7) is 2.58. The molecule has 0 aromatic rings. The Labute approximate surface area is 86.1 Å². The number of unbranched alkanes of at least 4 members (excludes halogenated alkanes) is 5. The van der Waals surface area contributed by atoms with Crippen molar-refractivity contribution in [3.63, 3.8) is 0 Å². The van der Waals surface area contributed by atoms with E-state index in [9.17, 15) is 4.79 Å². The van der Waals surface area contributed by atoms with E-state index in [1.807, 2.05) is 0 Å². The van der Waals surface area contributed by atoms with Crippen LogP contribution in [0.15, 0.2) is 0 Å². The van der Waals surface area contributed by atoms with Crippen LogP contribution in [0.3, 0.4) is 0 Å². The van der Waals surface area contributed by atoms with Crippen molar-refractivity contribution >= 4 is 6.03 Å². The molecule has 0 aliphatic carbocycles. The lowest BCUT2D eigenvalue weighted by Gasteiger charge is -2.04. The van der Waals surface area contributed by atoms with Gasteiger partial charge in [0.25, 0.3) is 0 Å². The molecular weight excluding hydrogens is 180 g/mol. The normalized spacial score (nSPS) is 9.86. The van der Waals surface area contributed by atoms with E-state index < -0.39 is 0 Å². The average molecular weight is 202 g/mol. The molecule has 0 aromatic carbocycles. The van der Waals surface area contributed by atoms with E-state index >= 15 is 0 Å². The Morgan fingerprint density at radius 1 is 1.07 bits per heavy atom. The Balaban J connectivity index is 3.01. The van der Waals surface area contributed by atoms with E-state index in [1.165, 1.54) is 32.1 Å². The number of hydrogen-bond donors (Lipinski definition) is 3. The Morgan fingerprint density at radius 3 is 2.36 bits per heavy atom. The molecule has 0 heterocycles. The molecule has 0 fully saturated rings. The van der Waals surface area contributed by atoms with E-state index in [-0.39, 0.29) is 12.8 Å². The highest BCUT2D eigenvalue weighted by Gasteiger charge is 1.95. The molecule has 4 heteroatoms. The van der Waals surface area contributed by atoms with E-state index in [2.05, 4.69) is 17.6 Å². The highest BCUT2D eigenvalue weighted by molar-refractivity contribution is 5.73. The number of carbonyl (C=O) groups excluding carboxylic acids is 1. The molecule has 84 valence electrons. The molecule has 0 aliphatic rings. The zero-order valence-corrected chi connectivity index (χ0v) is 9.01. The third-order valence-corrected chi connectivity index (χ3v) is 2.06. The first-order valence-corrected chi connectivity index (χ1v) is 5.43. The maximum Gasteiger partial charge on any atom is 0.316 e. The van der Waals surface area contributed by atoms with Crippen molar-refractivity contribution < 1.29 is 9.90 Å². The van der Waals surface area contributed by atoms with Gasteiger partial charge in [-0.25, -0.2) is 4.79 Å². The summed E-state index contributed by atoms with van der Waals surface area (Å²) >= 11 is 0. The molecule has 3 N–H and O–H groups in total. The predicted octanol–water partition coefficient (Wildman–Crippen LogP) is 1.60. The number of amides is 2. The van der Waals surface area contributed by atoms with E-state index in [0.29, 0.717) is 6.54 Å². The van der Waals surface area contributed by atoms with Crippen LogP contribution in [-0.4, -0.2) is 24.4 Å². The number of aliphatic hydroxyl groups is 1. The molecule has 0 atom stereocenters. The van der Waals surface area contributed by atoms with Crippen LogP contribution in [0.4, 0.5) is 4.79 Å². The molecule has 0 bridgehead atoms. The molecule has 0 saturated carbocycles. The number of rotatable bonds is 8. The second-order valence-corrected chi connectivity index (χ2v) is 3.36. The van der Waals surface area contributed by atoms with Crippen LogP contribution in [0.1, 0.15) is 45.4 Å². The summed E-state index contributed by atoms with van der Waals surface area (Å²) in [5.74, 6) is 0. The van der Waals surface area contributed by atoms with Crippen molar-refractivity contribution in [2.24, 2.45) is 0 Å². The highest BCUT2D eigenvalue weighted by Crippen LogP contribution is 2.03. The van der Waals surface area contributed by atoms with Gasteiger partial charge < -0.3 is 15.7 Å². The van der Waals surface area contributed by atoms with Crippen molar-refractivity contribution in [1.29, 1.82) is 0 Å². The number of hydrogen-bond acceptors (Lipinski definition) is 2. The summed E-state index contributed by atoms with van der Waals surface area (Å²) in [6, 6.07) is -0.291. The summed E-state index contributed by atoms with van der Waals surface area (Å²) in [5, 5.41) is 13.3. The second-order valence-electron chi connectivity index (χ2n) is 3.36. The zero-order valence-electron chi connectivity index (χ0n) is 9.01. The van der Waals surface area contributed by atoms with Gasteiger partial charge in [-0.3, -0.25) is 0 Å². The minimum Gasteiger partial charge on any atom is -0.376 e. The molecule has 0 radical (unpaired) electrons. The SMILES string of the molecule is CCCCCCCCNC(=O)NCO. The molecule has 0 unspecified atom stereocenters. The lowest BCUT2D eigenvalue weighted by atomic mass is 10.1. The van der Waals surface area contributed by atoms with Crippen LogP contribution >= 0.6 is 0 Å². The summed E-state index contributed by atoms with van der Waals surface area (Å²) in [5.41, 5.74) is 0. The van der Waals surface area contributed by atoms with E-state index in [4.69, 9.17) is 5.11 Å². The summed E-state index contributed by atoms with van der Waals surface area (Å²) in [6.07, 6.45) is 7.29. The number of urea groups is 1. The van der Waals surface area contributed by atoms with Crippen LogP contribution in [0.5, 0.6) is 0 Å². The van der Waals surface area contributed by atoms with Crippen molar-refractivity contribution in [2.75, 3.05) is 13.3 Å². The lowest BCUT2D eigenvalue weighted by Crippen LogP contribution is -2.36. The lowest BCUT2D eigenvalue weighted by molar-refractivity contribution is 0.217. The number of aliphatic hydroxyl groups excluding tert-OH is 1. The van der Waals surface area contributed by atoms with Crippen LogP contribution in [-0.2, 0) is 0 Å². The highest BCUT2D eigenvalue weighted by atomic mass is 16.3. The molecule has 14 heavy (non-hydrogen) atoms. The van der Waals surface area contributed by atoms with Crippen LogP contribution in [0.2, 0.25) is 0 Å². The molecule has 0 aliphatic heterocycles. The van der Waals surface area contributed by atoms with Crippen LogP contribution < -0.4 is 10.6 Å². The van der Waals surface area contributed by atoms with E-state index in [0.717, 1.165) is 6.42 Å². The monoisotopic (exact) mass is 202 g/mol. The molecule has 0 rings (SSSR count). The Hall–Kier alpha value is -0.770. The molecular formula is C10H22N2O2. The number of nitrogens with one attached hydrogen (secondary N) is 2. The van der Waals surface area contributed by atoms with Gasteiger partial charge in [0.05, 0.1) is 0 Å². The molecule has 4 nitrogen and oxygen atoms in total. The fraction of sp³-hybridized carbons (Fsp3) is 0.900. The maximum atomic E-state index is 10.8. The van der Waals surface area contributed by atoms with Crippen molar-refractivity contribution in [2.45, 2.75) is 45.4 Å². The first-order chi connectivity index (χ1) is 6.81. The minimum atomic E-state index is -0.303. The molecule has 2 amide bonds. The third kappa shape index (κ3) is 9.32. The van der Waals surface area contributed by atoms with Crippen molar-refractivity contribution in [3.8, 4) is 0 Å². The third-order valence-electron chi connectivity index (χ3n) is 2.06. The first-order valence-electron chi connectivity index (χ1n) is 5.43. The van der Waals surface area contributed by atoms with Crippen molar-refractivity contribution in [3.05, 3.63) is 0 Å². The van der Waals surface area contributed by atoms with Gasteiger partial charge in [-0.2, -0.15) is 0 Å². The number of carbonyl (C=O) groups is 1. The zero-order chi connectivity index (χ0) is 10.6. The van der Waals surface area contributed by atoms with Crippen LogP contribution in [0, 0.1) is 0 Å². The van der Waals surface area contributed by atoms with Crippen molar-refractivity contribution in [1.82, 2.24) is 10.6 Å². The summed E-state index contributed by atoms with van der Waals surface area (Å²) < 4.78 is 0. The minimum absolute atomic E-state index is 0.291. The Kier molecular flexibility index (Phi) is 9.74. The van der Waals surface area contributed by atoms with E-state index in [1.54, 1.807) is 0 Å². The largest absolute Gasteiger partial charge is 0.376 e. The van der Waals surface area contributed by atoms with Gasteiger partial charge in [-0.15, -0.1) is 0 Å². The quantitative estimate of drug-likeness (QED) is 0.413. The summed E-state index contributed by atoms with van der Waals surface area (Å²) in [7, 11) is 0. The fourth-order valence-electron chi connectivity index (χ4n) is 1.24. The van der Waals surface area contributed by atoms with Gasteiger partial charge in [0.1, 0.15) is 6.73 Å². The topological polar surface area (TPSA) is 61.4 Å². The van der Waals surface area contributed by atoms with Gasteiger partial charge in [0.2, 0.25) is 0 Å². The molecule has 0 saturated heterocycles.